The lowest BCUT2D eigenvalue weighted by Crippen LogP contribution is -2.44. The molecule has 0 bridgehead atoms. The maximum absolute atomic E-state index is 11.8. The zero-order chi connectivity index (χ0) is 19.0. The molecule has 8 heteroatoms. The van der Waals surface area contributed by atoms with Gasteiger partial charge in [-0.1, -0.05) is 22.0 Å². The van der Waals surface area contributed by atoms with Gasteiger partial charge in [-0.25, -0.2) is 9.59 Å². The van der Waals surface area contributed by atoms with Crippen LogP contribution in [0, 0.1) is 0 Å². The first-order chi connectivity index (χ1) is 11.7. The highest BCUT2D eigenvalue weighted by molar-refractivity contribution is 9.09. The normalized spacial score (nSPS) is 12.2. The summed E-state index contributed by atoms with van der Waals surface area (Å²) in [5.41, 5.74) is -0.0170. The lowest BCUT2D eigenvalue weighted by Gasteiger charge is -2.22. The molecule has 7 nitrogen and oxygen atoms in total. The summed E-state index contributed by atoms with van der Waals surface area (Å²) in [6.45, 7) is 5.60. The van der Waals surface area contributed by atoms with Crippen molar-refractivity contribution >= 4 is 28.0 Å². The zero-order valence-corrected chi connectivity index (χ0v) is 16.4. The van der Waals surface area contributed by atoms with E-state index in [2.05, 4.69) is 21.2 Å². The van der Waals surface area contributed by atoms with Gasteiger partial charge in [0, 0.05) is 11.8 Å². The number of alkyl halides is 1. The van der Waals surface area contributed by atoms with Crippen LogP contribution >= 0.6 is 15.9 Å². The van der Waals surface area contributed by atoms with Crippen molar-refractivity contribution in [1.29, 1.82) is 0 Å². The van der Waals surface area contributed by atoms with Crippen LogP contribution in [-0.2, 0) is 16.0 Å². The van der Waals surface area contributed by atoms with Crippen LogP contribution in [0.4, 0.5) is 4.79 Å². The van der Waals surface area contributed by atoms with Gasteiger partial charge in [-0.05, 0) is 38.5 Å². The number of carbonyl (C=O) groups is 2. The summed E-state index contributed by atoms with van der Waals surface area (Å²) >= 11 is 3.28. The highest BCUT2D eigenvalue weighted by Gasteiger charge is 2.24. The minimum Gasteiger partial charge on any atom is -0.493 e. The molecule has 0 fully saturated rings. The third kappa shape index (κ3) is 7.64. The molecule has 0 radical (unpaired) electrons. The number of rotatable bonds is 8. The number of halogens is 1. The van der Waals surface area contributed by atoms with Crippen molar-refractivity contribution in [3.8, 4) is 11.5 Å². The Morgan fingerprint density at radius 2 is 1.96 bits per heavy atom. The molecule has 1 amide bonds. The van der Waals surface area contributed by atoms with Crippen LogP contribution in [0.25, 0.3) is 0 Å². The number of carboxylic acid groups (broad SMARTS) is 1. The lowest BCUT2D eigenvalue weighted by molar-refractivity contribution is -0.139. The SMILES string of the molecule is COc1cc(CC(NC(=O)OC(C)(C)C)C(=O)O)ccc1OCCBr. The van der Waals surface area contributed by atoms with Gasteiger partial charge in [0.05, 0.1) is 13.7 Å². The second-order valence-electron chi connectivity index (χ2n) is 6.26. The van der Waals surface area contributed by atoms with E-state index < -0.39 is 23.7 Å². The van der Waals surface area contributed by atoms with E-state index in [1.807, 2.05) is 0 Å². The van der Waals surface area contributed by atoms with Crippen molar-refractivity contribution in [3.63, 3.8) is 0 Å². The first-order valence-electron chi connectivity index (χ1n) is 7.74. The number of hydrogen-bond donors (Lipinski definition) is 2. The number of carbonyl (C=O) groups excluding carboxylic acids is 1. The van der Waals surface area contributed by atoms with Crippen molar-refractivity contribution in [3.05, 3.63) is 23.8 Å². The second-order valence-corrected chi connectivity index (χ2v) is 7.06. The first-order valence-corrected chi connectivity index (χ1v) is 8.86. The number of ether oxygens (including phenoxy) is 3. The van der Waals surface area contributed by atoms with Gasteiger partial charge in [0.1, 0.15) is 11.6 Å². The molecule has 1 aromatic rings. The van der Waals surface area contributed by atoms with E-state index in [0.717, 1.165) is 0 Å². The number of methoxy groups -OCH3 is 1. The van der Waals surface area contributed by atoms with Crippen LogP contribution in [0.1, 0.15) is 26.3 Å². The predicted molar refractivity (Wildman–Crippen MR) is 96.8 cm³/mol. The van der Waals surface area contributed by atoms with Gasteiger partial charge in [0.25, 0.3) is 0 Å². The fraction of sp³-hybridized carbons (Fsp3) is 0.529. The summed E-state index contributed by atoms with van der Waals surface area (Å²) in [5.74, 6) is -0.0815. The van der Waals surface area contributed by atoms with E-state index >= 15 is 0 Å². The molecule has 0 heterocycles. The molecule has 0 aromatic heterocycles. The molecule has 1 unspecified atom stereocenters. The highest BCUT2D eigenvalue weighted by Crippen LogP contribution is 2.28. The summed E-state index contributed by atoms with van der Waals surface area (Å²) in [4.78, 5) is 23.2. The van der Waals surface area contributed by atoms with E-state index in [0.29, 0.717) is 29.0 Å². The van der Waals surface area contributed by atoms with E-state index in [9.17, 15) is 14.7 Å². The molecule has 0 spiro atoms. The number of hydrogen-bond acceptors (Lipinski definition) is 5. The Balaban J connectivity index is 2.84. The number of carboxylic acids is 1. The Labute approximate surface area is 155 Å². The van der Waals surface area contributed by atoms with E-state index in [1.54, 1.807) is 39.0 Å². The fourth-order valence-electron chi connectivity index (χ4n) is 1.99. The maximum atomic E-state index is 11.8. The van der Waals surface area contributed by atoms with Crippen molar-refractivity contribution in [2.75, 3.05) is 19.0 Å². The van der Waals surface area contributed by atoms with Gasteiger partial charge >= 0.3 is 12.1 Å². The number of amides is 1. The van der Waals surface area contributed by atoms with Crippen molar-refractivity contribution in [2.24, 2.45) is 0 Å². The molecule has 0 aliphatic carbocycles. The van der Waals surface area contributed by atoms with Gasteiger partial charge < -0.3 is 24.6 Å². The van der Waals surface area contributed by atoms with Crippen LogP contribution in [0.15, 0.2) is 18.2 Å². The molecule has 0 saturated carbocycles. The Morgan fingerprint density at radius 3 is 2.48 bits per heavy atom. The molecule has 1 aromatic carbocycles. The molecule has 1 atom stereocenters. The van der Waals surface area contributed by atoms with Gasteiger partial charge in [-0.3, -0.25) is 0 Å². The topological polar surface area (TPSA) is 94.1 Å². The number of nitrogens with one attached hydrogen (secondary N) is 1. The number of aliphatic carboxylic acids is 1. The minimum absolute atomic E-state index is 0.0870. The number of alkyl carbamates (subject to hydrolysis) is 1. The molecule has 25 heavy (non-hydrogen) atoms. The van der Waals surface area contributed by atoms with Crippen LogP contribution in [0.3, 0.4) is 0 Å². The van der Waals surface area contributed by atoms with Gasteiger partial charge in [0.2, 0.25) is 0 Å². The molecule has 0 aliphatic heterocycles. The van der Waals surface area contributed by atoms with Crippen LogP contribution in [0.5, 0.6) is 11.5 Å². The van der Waals surface area contributed by atoms with Crippen LogP contribution in [0.2, 0.25) is 0 Å². The summed E-state index contributed by atoms with van der Waals surface area (Å²) < 4.78 is 15.9. The summed E-state index contributed by atoms with van der Waals surface area (Å²) in [6, 6.07) is 4.02. The second kappa shape index (κ2) is 9.50. The van der Waals surface area contributed by atoms with Gasteiger partial charge in [-0.15, -0.1) is 0 Å². The average Bonchev–Trinajstić information content (AvgIpc) is 2.50. The molecular formula is C17H24BrNO6. The van der Waals surface area contributed by atoms with E-state index in [4.69, 9.17) is 14.2 Å². The van der Waals surface area contributed by atoms with Crippen LogP contribution in [-0.4, -0.2) is 47.9 Å². The Kier molecular flexibility index (Phi) is 8.02. The van der Waals surface area contributed by atoms with Gasteiger partial charge in [-0.2, -0.15) is 0 Å². The molecule has 1 rings (SSSR count). The fourth-order valence-corrected chi connectivity index (χ4v) is 2.15. The number of benzene rings is 1. The Bertz CT molecular complexity index is 599. The standard InChI is InChI=1S/C17H24BrNO6/c1-17(2,3)25-16(22)19-12(15(20)21)9-11-5-6-13(24-8-7-18)14(10-11)23-4/h5-6,10,12H,7-9H2,1-4H3,(H,19,22)(H,20,21). The molecule has 2 N–H and O–H groups in total. The summed E-state index contributed by atoms with van der Waals surface area (Å²) in [5, 5.41) is 12.4. The maximum Gasteiger partial charge on any atom is 0.408 e. The van der Waals surface area contributed by atoms with E-state index in [-0.39, 0.29) is 6.42 Å². The summed E-state index contributed by atoms with van der Waals surface area (Å²) in [7, 11) is 1.51. The largest absolute Gasteiger partial charge is 0.493 e. The minimum atomic E-state index is -1.15. The summed E-state index contributed by atoms with van der Waals surface area (Å²) in [6.07, 6.45) is -0.687. The molecule has 0 aliphatic rings. The van der Waals surface area contributed by atoms with Gasteiger partial charge in [0.15, 0.2) is 11.5 Å². The average molecular weight is 418 g/mol. The zero-order valence-electron chi connectivity index (χ0n) is 14.8. The van der Waals surface area contributed by atoms with E-state index in [1.165, 1.54) is 7.11 Å². The first kappa shape index (κ1) is 21.1. The third-order valence-corrected chi connectivity index (χ3v) is 3.32. The quantitative estimate of drug-likeness (QED) is 0.631. The van der Waals surface area contributed by atoms with Crippen molar-refractivity contribution < 1.29 is 28.9 Å². The molecule has 140 valence electrons. The molecule has 0 saturated heterocycles. The van der Waals surface area contributed by atoms with Crippen molar-refractivity contribution in [2.45, 2.75) is 38.8 Å². The Hall–Kier alpha value is -1.96. The monoisotopic (exact) mass is 417 g/mol. The molecular weight excluding hydrogens is 394 g/mol. The Morgan fingerprint density at radius 1 is 1.28 bits per heavy atom. The third-order valence-electron chi connectivity index (χ3n) is 2.99. The van der Waals surface area contributed by atoms with Crippen LogP contribution < -0.4 is 14.8 Å². The predicted octanol–water partition coefficient (Wildman–Crippen LogP) is 2.99. The smallest absolute Gasteiger partial charge is 0.408 e. The highest BCUT2D eigenvalue weighted by atomic mass is 79.9. The van der Waals surface area contributed by atoms with Crippen molar-refractivity contribution in [1.82, 2.24) is 5.32 Å². The lowest BCUT2D eigenvalue weighted by atomic mass is 10.1.